The topological polar surface area (TPSA) is 69.0 Å². The molecule has 0 bridgehead atoms. The van der Waals surface area contributed by atoms with E-state index in [0.717, 1.165) is 10.7 Å². The van der Waals surface area contributed by atoms with Gasteiger partial charge in [0.2, 0.25) is 0 Å². The number of aryl methyl sites for hydroxylation is 1. The second kappa shape index (κ2) is 4.81. The fraction of sp³-hybridized carbons (Fsp3) is 0.273. The molecule has 0 atom stereocenters. The van der Waals surface area contributed by atoms with E-state index < -0.39 is 9.84 Å². The van der Waals surface area contributed by atoms with Crippen LogP contribution in [0.25, 0.3) is 10.9 Å². The van der Waals surface area contributed by atoms with Crippen LogP contribution < -0.4 is 5.56 Å². The van der Waals surface area contributed by atoms with Gasteiger partial charge >= 0.3 is 0 Å². The molecule has 0 saturated carbocycles. The van der Waals surface area contributed by atoms with Crippen molar-refractivity contribution in [2.45, 2.75) is 6.54 Å². The lowest BCUT2D eigenvalue weighted by atomic mass is 10.2. The minimum absolute atomic E-state index is 0.0753. The fourth-order valence-electron chi connectivity index (χ4n) is 1.55. The Morgan fingerprint density at radius 2 is 2.11 bits per heavy atom. The number of hydrogen-bond acceptors (Lipinski definition) is 4. The van der Waals surface area contributed by atoms with Gasteiger partial charge in [0, 0.05) is 17.3 Å². The smallest absolute Gasteiger partial charge is 0.261 e. The molecule has 0 aliphatic rings. The molecule has 0 fully saturated rings. The molecule has 0 amide bonds. The molecule has 2 rings (SSSR count). The Balaban J connectivity index is 2.48. The monoisotopic (exact) mass is 330 g/mol. The Morgan fingerprint density at radius 1 is 1.39 bits per heavy atom. The van der Waals surface area contributed by atoms with E-state index in [2.05, 4.69) is 20.9 Å². The van der Waals surface area contributed by atoms with Crippen LogP contribution in [-0.2, 0) is 16.4 Å². The normalized spacial score (nSPS) is 11.9. The van der Waals surface area contributed by atoms with E-state index in [1.165, 1.54) is 10.9 Å². The third-order valence-electron chi connectivity index (χ3n) is 2.49. The number of sulfone groups is 1. The summed E-state index contributed by atoms with van der Waals surface area (Å²) in [5.41, 5.74) is 0.365. The first-order valence-electron chi connectivity index (χ1n) is 5.19. The summed E-state index contributed by atoms with van der Waals surface area (Å²) >= 11 is 3.29. The molecule has 0 spiro atoms. The van der Waals surface area contributed by atoms with Crippen LogP contribution in [0.4, 0.5) is 0 Å². The highest BCUT2D eigenvalue weighted by atomic mass is 79.9. The van der Waals surface area contributed by atoms with Gasteiger partial charge in [0.15, 0.2) is 0 Å². The van der Waals surface area contributed by atoms with Crippen molar-refractivity contribution >= 4 is 36.7 Å². The lowest BCUT2D eigenvalue weighted by Gasteiger charge is -2.05. The predicted octanol–water partition coefficient (Wildman–Crippen LogP) is 1.20. The van der Waals surface area contributed by atoms with E-state index in [0.29, 0.717) is 10.9 Å². The van der Waals surface area contributed by atoms with Gasteiger partial charge in [0.25, 0.3) is 5.56 Å². The Morgan fingerprint density at radius 3 is 2.78 bits per heavy atom. The van der Waals surface area contributed by atoms with Crippen LogP contribution in [0.2, 0.25) is 0 Å². The number of halogens is 1. The van der Waals surface area contributed by atoms with Crippen molar-refractivity contribution in [2.75, 3.05) is 12.0 Å². The SMILES string of the molecule is CS(=O)(=O)CCn1cnc2ccc(Br)cc2c1=O. The maximum Gasteiger partial charge on any atom is 0.261 e. The molecule has 2 aromatic rings. The molecule has 0 aliphatic heterocycles. The zero-order chi connectivity index (χ0) is 13.3. The van der Waals surface area contributed by atoms with Crippen molar-refractivity contribution in [3.63, 3.8) is 0 Å². The van der Waals surface area contributed by atoms with E-state index >= 15 is 0 Å². The van der Waals surface area contributed by atoms with Gasteiger partial charge in [0.05, 0.1) is 23.0 Å². The van der Waals surface area contributed by atoms with Gasteiger partial charge in [-0.3, -0.25) is 9.36 Å². The first kappa shape index (κ1) is 13.2. The highest BCUT2D eigenvalue weighted by Crippen LogP contribution is 2.14. The van der Waals surface area contributed by atoms with Gasteiger partial charge in [-0.05, 0) is 18.2 Å². The Labute approximate surface area is 113 Å². The first-order chi connectivity index (χ1) is 8.37. The molecular formula is C11H11BrN2O3S. The minimum Gasteiger partial charge on any atom is -0.298 e. The van der Waals surface area contributed by atoms with Crippen LogP contribution in [-0.4, -0.2) is 30.0 Å². The van der Waals surface area contributed by atoms with Gasteiger partial charge in [-0.15, -0.1) is 0 Å². The van der Waals surface area contributed by atoms with Gasteiger partial charge in [-0.25, -0.2) is 13.4 Å². The van der Waals surface area contributed by atoms with Crippen molar-refractivity contribution < 1.29 is 8.42 Å². The molecular weight excluding hydrogens is 320 g/mol. The van der Waals surface area contributed by atoms with Crippen LogP contribution in [0.5, 0.6) is 0 Å². The Hall–Kier alpha value is -1.21. The third-order valence-corrected chi connectivity index (χ3v) is 3.91. The molecule has 0 unspecified atom stereocenters. The van der Waals surface area contributed by atoms with Crippen molar-refractivity contribution in [3.05, 3.63) is 39.4 Å². The zero-order valence-corrected chi connectivity index (χ0v) is 12.0. The maximum atomic E-state index is 12.1. The molecule has 7 heteroatoms. The highest BCUT2D eigenvalue weighted by molar-refractivity contribution is 9.10. The summed E-state index contributed by atoms with van der Waals surface area (Å²) in [5, 5.41) is 0.473. The molecule has 1 aromatic heterocycles. The number of hydrogen-bond donors (Lipinski definition) is 0. The molecule has 5 nitrogen and oxygen atoms in total. The first-order valence-corrected chi connectivity index (χ1v) is 8.04. The third kappa shape index (κ3) is 2.97. The van der Waals surface area contributed by atoms with Gasteiger partial charge in [0.1, 0.15) is 9.84 Å². The van der Waals surface area contributed by atoms with Crippen LogP contribution in [0.3, 0.4) is 0 Å². The van der Waals surface area contributed by atoms with Gasteiger partial charge < -0.3 is 0 Å². The average Bonchev–Trinajstić information content (AvgIpc) is 2.28. The van der Waals surface area contributed by atoms with E-state index in [9.17, 15) is 13.2 Å². The number of rotatable bonds is 3. The van der Waals surface area contributed by atoms with E-state index in [4.69, 9.17) is 0 Å². The van der Waals surface area contributed by atoms with E-state index in [1.807, 2.05) is 0 Å². The fourth-order valence-corrected chi connectivity index (χ4v) is 2.44. The van der Waals surface area contributed by atoms with Crippen LogP contribution in [0.15, 0.2) is 33.8 Å². The van der Waals surface area contributed by atoms with Crippen molar-refractivity contribution in [3.8, 4) is 0 Å². The second-order valence-corrected chi connectivity index (χ2v) is 7.21. The molecule has 1 aromatic carbocycles. The Bertz CT molecular complexity index is 752. The number of benzene rings is 1. The highest BCUT2D eigenvalue weighted by Gasteiger charge is 2.07. The Kier molecular flexibility index (Phi) is 3.54. The molecule has 96 valence electrons. The average molecular weight is 331 g/mol. The molecule has 0 radical (unpaired) electrons. The summed E-state index contributed by atoms with van der Waals surface area (Å²) in [6.07, 6.45) is 2.52. The largest absolute Gasteiger partial charge is 0.298 e. The van der Waals surface area contributed by atoms with Crippen LogP contribution >= 0.6 is 15.9 Å². The summed E-state index contributed by atoms with van der Waals surface area (Å²) in [5.74, 6) is -0.0753. The quantitative estimate of drug-likeness (QED) is 0.848. The van der Waals surface area contributed by atoms with E-state index in [1.54, 1.807) is 18.2 Å². The standard InChI is InChI=1S/C11H11BrN2O3S/c1-18(16,17)5-4-14-7-13-10-3-2-8(12)6-9(10)11(14)15/h2-3,6-7H,4-5H2,1H3. The van der Waals surface area contributed by atoms with Crippen LogP contribution in [0, 0.1) is 0 Å². The summed E-state index contributed by atoms with van der Waals surface area (Å²) in [6.45, 7) is 0.118. The number of fused-ring (bicyclic) bond motifs is 1. The lowest BCUT2D eigenvalue weighted by Crippen LogP contribution is -2.24. The van der Waals surface area contributed by atoms with E-state index in [-0.39, 0.29) is 17.9 Å². The van der Waals surface area contributed by atoms with Crippen molar-refractivity contribution in [2.24, 2.45) is 0 Å². The van der Waals surface area contributed by atoms with Gasteiger partial charge in [-0.2, -0.15) is 0 Å². The summed E-state index contributed by atoms with van der Waals surface area (Å²) in [7, 11) is -3.10. The van der Waals surface area contributed by atoms with Crippen LogP contribution in [0.1, 0.15) is 0 Å². The van der Waals surface area contributed by atoms with Crippen molar-refractivity contribution in [1.29, 1.82) is 0 Å². The zero-order valence-electron chi connectivity index (χ0n) is 9.63. The van der Waals surface area contributed by atoms with Gasteiger partial charge in [-0.1, -0.05) is 15.9 Å². The summed E-state index contributed by atoms with van der Waals surface area (Å²) < 4.78 is 24.3. The number of aromatic nitrogens is 2. The van der Waals surface area contributed by atoms with Crippen molar-refractivity contribution in [1.82, 2.24) is 9.55 Å². The lowest BCUT2D eigenvalue weighted by molar-refractivity contribution is 0.592. The molecule has 1 heterocycles. The maximum absolute atomic E-state index is 12.1. The number of nitrogens with zero attached hydrogens (tertiary/aromatic N) is 2. The molecule has 0 N–H and O–H groups in total. The second-order valence-electron chi connectivity index (χ2n) is 4.03. The molecule has 0 aliphatic carbocycles. The predicted molar refractivity (Wildman–Crippen MR) is 73.4 cm³/mol. The molecule has 0 saturated heterocycles. The summed E-state index contributed by atoms with van der Waals surface area (Å²) in [6, 6.07) is 5.22. The molecule has 18 heavy (non-hydrogen) atoms. The summed E-state index contributed by atoms with van der Waals surface area (Å²) in [4.78, 5) is 16.2. The minimum atomic E-state index is -3.10.